The van der Waals surface area contributed by atoms with Gasteiger partial charge in [-0.05, 0) is 36.6 Å². The number of aromatic nitrogens is 1. The van der Waals surface area contributed by atoms with Crippen molar-refractivity contribution in [2.45, 2.75) is 19.4 Å². The molecule has 0 aliphatic rings. The van der Waals surface area contributed by atoms with E-state index < -0.39 is 0 Å². The number of halogens is 1. The molecule has 2 rings (SSSR count). The van der Waals surface area contributed by atoms with Crippen molar-refractivity contribution in [2.75, 3.05) is 6.54 Å². The summed E-state index contributed by atoms with van der Waals surface area (Å²) in [6, 6.07) is 11.5. The van der Waals surface area contributed by atoms with Crippen LogP contribution in [0.2, 0.25) is 0 Å². The van der Waals surface area contributed by atoms with Crippen molar-refractivity contribution in [3.05, 3.63) is 64.4 Å². The second kappa shape index (κ2) is 7.78. The van der Waals surface area contributed by atoms with Crippen molar-refractivity contribution in [3.8, 4) is 0 Å². The first-order valence-corrected chi connectivity index (χ1v) is 7.64. The molecule has 1 heterocycles. The van der Waals surface area contributed by atoms with E-state index in [2.05, 4.69) is 31.5 Å². The molecule has 2 amide bonds. The van der Waals surface area contributed by atoms with Crippen LogP contribution in [0.1, 0.15) is 24.1 Å². The fraction of sp³-hybridized carbons (Fsp3) is 0.250. The van der Waals surface area contributed by atoms with Crippen LogP contribution in [0, 0.1) is 0 Å². The summed E-state index contributed by atoms with van der Waals surface area (Å²) in [5, 5.41) is 5.79. The standard InChI is InChI=1S/C16H18BrN3O/c1-12(14-6-2-3-7-15(14)17)20-16(21)19-10-8-13-5-4-9-18-11-13/h2-7,9,11-12H,8,10H2,1H3,(H2,19,20,21)/t12-/m0/s1. The summed E-state index contributed by atoms with van der Waals surface area (Å²) in [6.45, 7) is 2.54. The van der Waals surface area contributed by atoms with Crippen LogP contribution in [0.25, 0.3) is 0 Å². The summed E-state index contributed by atoms with van der Waals surface area (Å²) >= 11 is 3.49. The first kappa shape index (κ1) is 15.5. The summed E-state index contributed by atoms with van der Waals surface area (Å²) in [6.07, 6.45) is 4.32. The predicted octanol–water partition coefficient (Wildman–Crippen LogP) is 3.45. The fourth-order valence-electron chi connectivity index (χ4n) is 2.02. The van der Waals surface area contributed by atoms with E-state index in [1.54, 1.807) is 6.20 Å². The van der Waals surface area contributed by atoms with Gasteiger partial charge in [-0.25, -0.2) is 4.79 Å². The Balaban J connectivity index is 1.78. The summed E-state index contributed by atoms with van der Waals surface area (Å²) in [7, 11) is 0. The molecular weight excluding hydrogens is 330 g/mol. The van der Waals surface area contributed by atoms with Gasteiger partial charge < -0.3 is 10.6 Å². The molecule has 0 aliphatic carbocycles. The van der Waals surface area contributed by atoms with Gasteiger partial charge in [0, 0.05) is 23.4 Å². The van der Waals surface area contributed by atoms with Gasteiger partial charge in [-0.15, -0.1) is 0 Å². The van der Waals surface area contributed by atoms with Crippen LogP contribution in [0.15, 0.2) is 53.3 Å². The van der Waals surface area contributed by atoms with E-state index in [9.17, 15) is 4.79 Å². The lowest BCUT2D eigenvalue weighted by Crippen LogP contribution is -2.38. The van der Waals surface area contributed by atoms with Gasteiger partial charge in [0.25, 0.3) is 0 Å². The molecule has 5 heteroatoms. The molecule has 1 aromatic heterocycles. The van der Waals surface area contributed by atoms with E-state index in [1.807, 2.05) is 49.5 Å². The molecule has 0 aliphatic heterocycles. The van der Waals surface area contributed by atoms with Crippen molar-refractivity contribution in [2.24, 2.45) is 0 Å². The number of amides is 2. The van der Waals surface area contributed by atoms with Crippen LogP contribution in [0.5, 0.6) is 0 Å². The normalized spacial score (nSPS) is 11.7. The number of pyridine rings is 1. The van der Waals surface area contributed by atoms with E-state index in [0.717, 1.165) is 22.0 Å². The SMILES string of the molecule is C[C@H](NC(=O)NCCc1cccnc1)c1ccccc1Br. The lowest BCUT2D eigenvalue weighted by atomic mass is 10.1. The van der Waals surface area contributed by atoms with Crippen molar-refractivity contribution >= 4 is 22.0 Å². The molecule has 0 saturated carbocycles. The number of nitrogens with one attached hydrogen (secondary N) is 2. The van der Waals surface area contributed by atoms with Gasteiger partial charge in [-0.3, -0.25) is 4.98 Å². The lowest BCUT2D eigenvalue weighted by molar-refractivity contribution is 0.238. The molecule has 0 bridgehead atoms. The minimum absolute atomic E-state index is 0.0565. The summed E-state index contributed by atoms with van der Waals surface area (Å²) in [5.74, 6) is 0. The first-order valence-electron chi connectivity index (χ1n) is 6.84. The molecule has 0 radical (unpaired) electrons. The van der Waals surface area contributed by atoms with Crippen molar-refractivity contribution < 1.29 is 4.79 Å². The molecular formula is C16H18BrN3O. The third-order valence-electron chi connectivity index (χ3n) is 3.14. The molecule has 0 saturated heterocycles. The Morgan fingerprint density at radius 3 is 2.81 bits per heavy atom. The molecule has 1 aromatic carbocycles. The van der Waals surface area contributed by atoms with Crippen molar-refractivity contribution in [1.82, 2.24) is 15.6 Å². The molecule has 110 valence electrons. The van der Waals surface area contributed by atoms with Crippen LogP contribution < -0.4 is 10.6 Å². The first-order chi connectivity index (χ1) is 10.2. The number of urea groups is 1. The number of nitrogens with zero attached hydrogens (tertiary/aromatic N) is 1. The quantitative estimate of drug-likeness (QED) is 0.870. The van der Waals surface area contributed by atoms with Crippen molar-refractivity contribution in [1.29, 1.82) is 0 Å². The van der Waals surface area contributed by atoms with E-state index in [4.69, 9.17) is 0 Å². The minimum atomic E-state index is -0.165. The summed E-state index contributed by atoms with van der Waals surface area (Å²) in [5.41, 5.74) is 2.16. The van der Waals surface area contributed by atoms with E-state index in [1.165, 1.54) is 0 Å². The maximum atomic E-state index is 11.9. The zero-order valence-electron chi connectivity index (χ0n) is 11.8. The third-order valence-corrected chi connectivity index (χ3v) is 3.86. The molecule has 4 nitrogen and oxygen atoms in total. The lowest BCUT2D eigenvalue weighted by Gasteiger charge is -2.16. The highest BCUT2D eigenvalue weighted by Crippen LogP contribution is 2.22. The van der Waals surface area contributed by atoms with Crippen LogP contribution >= 0.6 is 15.9 Å². The maximum absolute atomic E-state index is 11.9. The zero-order chi connectivity index (χ0) is 15.1. The Bertz CT molecular complexity index is 589. The van der Waals surface area contributed by atoms with Gasteiger partial charge in [0.1, 0.15) is 0 Å². The molecule has 0 unspecified atom stereocenters. The third kappa shape index (κ3) is 4.86. The molecule has 0 spiro atoms. The van der Waals surface area contributed by atoms with Gasteiger partial charge in [-0.1, -0.05) is 40.2 Å². The number of carbonyl (C=O) groups excluding carboxylic acids is 1. The Kier molecular flexibility index (Phi) is 5.75. The van der Waals surface area contributed by atoms with Gasteiger partial charge >= 0.3 is 6.03 Å². The van der Waals surface area contributed by atoms with Gasteiger partial charge in [0.05, 0.1) is 6.04 Å². The van der Waals surface area contributed by atoms with E-state index in [0.29, 0.717) is 6.54 Å². The van der Waals surface area contributed by atoms with E-state index in [-0.39, 0.29) is 12.1 Å². The molecule has 2 N–H and O–H groups in total. The number of hydrogen-bond acceptors (Lipinski definition) is 2. The van der Waals surface area contributed by atoms with Crippen LogP contribution in [-0.2, 0) is 6.42 Å². The number of rotatable bonds is 5. The van der Waals surface area contributed by atoms with Gasteiger partial charge in [0.2, 0.25) is 0 Å². The van der Waals surface area contributed by atoms with Crippen LogP contribution in [0.3, 0.4) is 0 Å². The van der Waals surface area contributed by atoms with Gasteiger partial charge in [-0.2, -0.15) is 0 Å². The van der Waals surface area contributed by atoms with Gasteiger partial charge in [0.15, 0.2) is 0 Å². The largest absolute Gasteiger partial charge is 0.338 e. The summed E-state index contributed by atoms with van der Waals surface area (Å²) in [4.78, 5) is 15.9. The Morgan fingerprint density at radius 1 is 1.29 bits per heavy atom. The van der Waals surface area contributed by atoms with Crippen molar-refractivity contribution in [3.63, 3.8) is 0 Å². The monoisotopic (exact) mass is 347 g/mol. The minimum Gasteiger partial charge on any atom is -0.338 e. The highest BCUT2D eigenvalue weighted by Gasteiger charge is 2.11. The highest BCUT2D eigenvalue weighted by molar-refractivity contribution is 9.10. The zero-order valence-corrected chi connectivity index (χ0v) is 13.4. The Morgan fingerprint density at radius 2 is 2.10 bits per heavy atom. The van der Waals surface area contributed by atoms with Crippen LogP contribution in [-0.4, -0.2) is 17.6 Å². The van der Waals surface area contributed by atoms with E-state index >= 15 is 0 Å². The Hall–Kier alpha value is -1.88. The Labute approximate surface area is 133 Å². The predicted molar refractivity (Wildman–Crippen MR) is 87.0 cm³/mol. The number of carbonyl (C=O) groups is 1. The highest BCUT2D eigenvalue weighted by atomic mass is 79.9. The molecule has 2 aromatic rings. The van der Waals surface area contributed by atoms with Crippen LogP contribution in [0.4, 0.5) is 4.79 Å². The average molecular weight is 348 g/mol. The topological polar surface area (TPSA) is 54.0 Å². The second-order valence-electron chi connectivity index (χ2n) is 4.75. The molecule has 1 atom stereocenters. The smallest absolute Gasteiger partial charge is 0.315 e. The number of hydrogen-bond donors (Lipinski definition) is 2. The fourth-order valence-corrected chi connectivity index (χ4v) is 2.65. The molecule has 21 heavy (non-hydrogen) atoms. The summed E-state index contributed by atoms with van der Waals surface area (Å²) < 4.78 is 0.994. The number of benzene rings is 1. The second-order valence-corrected chi connectivity index (χ2v) is 5.61. The average Bonchev–Trinajstić information content (AvgIpc) is 2.48. The molecule has 0 fully saturated rings. The maximum Gasteiger partial charge on any atom is 0.315 e.